The minimum atomic E-state index is -0.986. The Morgan fingerprint density at radius 1 is 1.41 bits per heavy atom. The minimum Gasteiger partial charge on any atom is -0.481 e. The highest BCUT2D eigenvalue weighted by molar-refractivity contribution is 7.84. The number of carbonyl (C=O) groups excluding carboxylic acids is 1. The molecule has 0 rings (SSSR count). The lowest BCUT2D eigenvalue weighted by Crippen LogP contribution is -2.41. The van der Waals surface area contributed by atoms with E-state index in [2.05, 4.69) is 10.6 Å². The SMILES string of the molecule is COC(CNC(=O)NCCS(C)=O)CC(=O)O. The minimum absolute atomic E-state index is 0.115. The second kappa shape index (κ2) is 8.94. The number of ether oxygens (including phenoxy) is 1. The molecule has 0 spiro atoms. The molecule has 3 N–H and O–H groups in total. The summed E-state index contributed by atoms with van der Waals surface area (Å²) in [4.78, 5) is 21.6. The number of urea groups is 1. The van der Waals surface area contributed by atoms with E-state index in [0.717, 1.165) is 0 Å². The molecule has 0 aromatic heterocycles. The highest BCUT2D eigenvalue weighted by Crippen LogP contribution is 1.94. The summed E-state index contributed by atoms with van der Waals surface area (Å²) in [5, 5.41) is 13.5. The second-order valence-electron chi connectivity index (χ2n) is 3.37. The summed E-state index contributed by atoms with van der Waals surface area (Å²) in [7, 11) is 0.433. The van der Waals surface area contributed by atoms with Crippen LogP contribution in [0.25, 0.3) is 0 Å². The zero-order valence-corrected chi connectivity index (χ0v) is 10.7. The summed E-state index contributed by atoms with van der Waals surface area (Å²) in [6.45, 7) is 0.426. The molecule has 2 unspecified atom stereocenters. The van der Waals surface area contributed by atoms with Crippen molar-refractivity contribution in [3.8, 4) is 0 Å². The number of hydrogen-bond acceptors (Lipinski definition) is 4. The lowest BCUT2D eigenvalue weighted by atomic mass is 10.2. The topological polar surface area (TPSA) is 105 Å². The van der Waals surface area contributed by atoms with Gasteiger partial charge in [0.15, 0.2) is 0 Å². The Balaban J connectivity index is 3.73. The first-order valence-electron chi connectivity index (χ1n) is 5.02. The summed E-state index contributed by atoms with van der Waals surface area (Å²) < 4.78 is 15.6. The number of carbonyl (C=O) groups is 2. The number of hydrogen-bond donors (Lipinski definition) is 3. The maximum atomic E-state index is 11.2. The summed E-state index contributed by atoms with van der Waals surface area (Å²) in [6, 6.07) is -0.428. The first-order valence-corrected chi connectivity index (χ1v) is 6.74. The highest BCUT2D eigenvalue weighted by atomic mass is 32.2. The van der Waals surface area contributed by atoms with Crippen molar-refractivity contribution in [2.45, 2.75) is 12.5 Å². The Morgan fingerprint density at radius 3 is 2.53 bits per heavy atom. The van der Waals surface area contributed by atoms with Gasteiger partial charge < -0.3 is 20.5 Å². The predicted octanol–water partition coefficient (Wildman–Crippen LogP) is -0.846. The van der Waals surface area contributed by atoms with E-state index in [-0.39, 0.29) is 13.0 Å². The lowest BCUT2D eigenvalue weighted by Gasteiger charge is -2.14. The van der Waals surface area contributed by atoms with Gasteiger partial charge in [0.25, 0.3) is 0 Å². The largest absolute Gasteiger partial charge is 0.481 e. The first kappa shape index (κ1) is 15.9. The molecule has 0 saturated carbocycles. The highest BCUT2D eigenvalue weighted by Gasteiger charge is 2.13. The Labute approximate surface area is 102 Å². The number of rotatable bonds is 8. The summed E-state index contributed by atoms with van der Waals surface area (Å²) in [6.07, 6.45) is 0.821. The summed E-state index contributed by atoms with van der Waals surface area (Å²) in [5.74, 6) is -0.601. The smallest absolute Gasteiger partial charge is 0.314 e. The van der Waals surface area contributed by atoms with Gasteiger partial charge in [0.05, 0.1) is 12.5 Å². The van der Waals surface area contributed by atoms with Gasteiger partial charge in [-0.15, -0.1) is 0 Å². The molecule has 0 aromatic rings. The second-order valence-corrected chi connectivity index (χ2v) is 4.92. The molecule has 0 aliphatic heterocycles. The Morgan fingerprint density at radius 2 is 2.06 bits per heavy atom. The van der Waals surface area contributed by atoms with Crippen molar-refractivity contribution >= 4 is 22.8 Å². The van der Waals surface area contributed by atoms with E-state index in [1.54, 1.807) is 6.26 Å². The third-order valence-corrected chi connectivity index (χ3v) is 2.68. The Hall–Kier alpha value is -1.15. The first-order chi connectivity index (χ1) is 7.95. The van der Waals surface area contributed by atoms with Gasteiger partial charge in [-0.25, -0.2) is 4.79 Å². The van der Waals surface area contributed by atoms with Gasteiger partial charge in [-0.05, 0) is 0 Å². The summed E-state index contributed by atoms with van der Waals surface area (Å²) >= 11 is 0. The van der Waals surface area contributed by atoms with E-state index < -0.39 is 28.9 Å². The molecular formula is C9H18N2O5S. The van der Waals surface area contributed by atoms with Crippen molar-refractivity contribution in [2.24, 2.45) is 0 Å². The fourth-order valence-corrected chi connectivity index (χ4v) is 1.40. The van der Waals surface area contributed by atoms with Crippen LogP contribution in [0.5, 0.6) is 0 Å². The molecule has 0 saturated heterocycles. The standard InChI is InChI=1S/C9H18N2O5S/c1-16-7(5-8(12)13)6-11-9(14)10-3-4-17(2)15/h7H,3-6H2,1-2H3,(H,12,13)(H2,10,11,14). The van der Waals surface area contributed by atoms with Gasteiger partial charge in [0.1, 0.15) is 0 Å². The molecule has 0 aliphatic carbocycles. The van der Waals surface area contributed by atoms with E-state index in [1.165, 1.54) is 7.11 Å². The third-order valence-electron chi connectivity index (χ3n) is 1.90. The third kappa shape index (κ3) is 9.76. The zero-order chi connectivity index (χ0) is 13.3. The maximum Gasteiger partial charge on any atom is 0.314 e. The van der Waals surface area contributed by atoms with Crippen molar-refractivity contribution in [1.82, 2.24) is 10.6 Å². The number of carboxylic acid groups (broad SMARTS) is 1. The molecule has 0 fully saturated rings. The Bertz CT molecular complexity index is 285. The van der Waals surface area contributed by atoms with Gasteiger partial charge in [-0.3, -0.25) is 9.00 Å². The average Bonchev–Trinajstić information content (AvgIpc) is 2.23. The van der Waals surface area contributed by atoms with E-state index >= 15 is 0 Å². The van der Waals surface area contributed by atoms with Crippen molar-refractivity contribution < 1.29 is 23.6 Å². The van der Waals surface area contributed by atoms with E-state index in [1.807, 2.05) is 0 Å². The van der Waals surface area contributed by atoms with Gasteiger partial charge in [-0.1, -0.05) is 0 Å². The normalized spacial score (nSPS) is 13.8. The van der Waals surface area contributed by atoms with Crippen LogP contribution in [0.2, 0.25) is 0 Å². The van der Waals surface area contributed by atoms with Crippen molar-refractivity contribution in [3.05, 3.63) is 0 Å². The van der Waals surface area contributed by atoms with Crippen molar-refractivity contribution in [1.29, 1.82) is 0 Å². The molecule has 0 radical (unpaired) electrons. The van der Waals surface area contributed by atoms with E-state index in [9.17, 15) is 13.8 Å². The van der Waals surface area contributed by atoms with Crippen molar-refractivity contribution in [2.75, 3.05) is 32.2 Å². The van der Waals surface area contributed by atoms with E-state index in [0.29, 0.717) is 12.3 Å². The molecule has 0 heterocycles. The van der Waals surface area contributed by atoms with Crippen LogP contribution in [0.4, 0.5) is 4.79 Å². The molecule has 100 valence electrons. The number of methoxy groups -OCH3 is 1. The number of aliphatic carboxylic acids is 1. The zero-order valence-electron chi connectivity index (χ0n) is 9.89. The molecule has 2 amide bonds. The van der Waals surface area contributed by atoms with Crippen LogP contribution >= 0.6 is 0 Å². The fourth-order valence-electron chi connectivity index (χ4n) is 1.01. The monoisotopic (exact) mass is 266 g/mol. The molecule has 8 heteroatoms. The molecule has 0 bridgehead atoms. The number of amides is 2. The van der Waals surface area contributed by atoms with Crippen LogP contribution in [0.1, 0.15) is 6.42 Å². The van der Waals surface area contributed by atoms with Gasteiger partial charge in [0, 0.05) is 43.0 Å². The number of carboxylic acids is 1. The quantitative estimate of drug-likeness (QED) is 0.531. The van der Waals surface area contributed by atoms with Crippen LogP contribution in [0, 0.1) is 0 Å². The van der Waals surface area contributed by atoms with Crippen LogP contribution in [-0.2, 0) is 20.3 Å². The molecule has 7 nitrogen and oxygen atoms in total. The van der Waals surface area contributed by atoms with E-state index in [4.69, 9.17) is 9.84 Å². The maximum absolute atomic E-state index is 11.2. The van der Waals surface area contributed by atoms with Crippen LogP contribution in [0.3, 0.4) is 0 Å². The Kier molecular flexibility index (Phi) is 8.34. The fraction of sp³-hybridized carbons (Fsp3) is 0.778. The number of nitrogens with one attached hydrogen (secondary N) is 2. The molecule has 2 atom stereocenters. The van der Waals surface area contributed by atoms with Crippen LogP contribution < -0.4 is 10.6 Å². The van der Waals surface area contributed by atoms with Gasteiger partial charge >= 0.3 is 12.0 Å². The predicted molar refractivity (Wildman–Crippen MR) is 63.4 cm³/mol. The van der Waals surface area contributed by atoms with Gasteiger partial charge in [-0.2, -0.15) is 0 Å². The average molecular weight is 266 g/mol. The van der Waals surface area contributed by atoms with Crippen molar-refractivity contribution in [3.63, 3.8) is 0 Å². The molecule has 0 aromatic carbocycles. The van der Waals surface area contributed by atoms with Gasteiger partial charge in [0.2, 0.25) is 0 Å². The van der Waals surface area contributed by atoms with Crippen LogP contribution in [0.15, 0.2) is 0 Å². The summed E-state index contributed by atoms with van der Waals surface area (Å²) in [5.41, 5.74) is 0. The van der Waals surface area contributed by atoms with Crippen LogP contribution in [-0.4, -0.2) is 59.6 Å². The lowest BCUT2D eigenvalue weighted by molar-refractivity contribution is -0.139. The molecule has 0 aliphatic rings. The molecular weight excluding hydrogens is 248 g/mol. The molecule has 17 heavy (non-hydrogen) atoms.